The van der Waals surface area contributed by atoms with Crippen LogP contribution in [0.5, 0.6) is 11.5 Å². The molecule has 4 rings (SSSR count). The van der Waals surface area contributed by atoms with E-state index in [1.807, 2.05) is 41.9 Å². The summed E-state index contributed by atoms with van der Waals surface area (Å²) in [7, 11) is 3.32. The van der Waals surface area contributed by atoms with Gasteiger partial charge in [0.15, 0.2) is 0 Å². The third-order valence-corrected chi connectivity index (χ3v) is 5.56. The van der Waals surface area contributed by atoms with Crippen molar-refractivity contribution in [3.8, 4) is 28.4 Å². The standard InChI is InChI=1S/C22H24ClN3O2/c1-14-7-8-16(12-20(14)23)26-22-19(6-4-5-9-24-22)21(25-26)15-10-17(27-2)13-18(11-15)28-3/h7-8,10-13,24H,4-6,9H2,1-3H3. The van der Waals surface area contributed by atoms with Crippen molar-refractivity contribution in [2.45, 2.75) is 26.2 Å². The lowest BCUT2D eigenvalue weighted by molar-refractivity contribution is 0.394. The van der Waals surface area contributed by atoms with E-state index in [2.05, 4.69) is 11.4 Å². The molecule has 0 amide bonds. The summed E-state index contributed by atoms with van der Waals surface area (Å²) in [6, 6.07) is 11.9. The van der Waals surface area contributed by atoms with Crippen molar-refractivity contribution in [2.75, 3.05) is 26.1 Å². The maximum atomic E-state index is 6.39. The van der Waals surface area contributed by atoms with Crippen LogP contribution >= 0.6 is 11.6 Å². The van der Waals surface area contributed by atoms with Gasteiger partial charge in [-0.1, -0.05) is 17.7 Å². The Labute approximate surface area is 170 Å². The topological polar surface area (TPSA) is 48.3 Å². The maximum absolute atomic E-state index is 6.39. The van der Waals surface area contributed by atoms with Crippen molar-refractivity contribution >= 4 is 17.4 Å². The lowest BCUT2D eigenvalue weighted by atomic mass is 10.0. The highest BCUT2D eigenvalue weighted by molar-refractivity contribution is 6.31. The monoisotopic (exact) mass is 397 g/mol. The van der Waals surface area contributed by atoms with Gasteiger partial charge in [-0.15, -0.1) is 0 Å². The molecule has 0 bridgehead atoms. The molecule has 0 spiro atoms. The summed E-state index contributed by atoms with van der Waals surface area (Å²) in [4.78, 5) is 0. The van der Waals surface area contributed by atoms with Crippen LogP contribution in [0.4, 0.5) is 5.82 Å². The van der Waals surface area contributed by atoms with E-state index in [-0.39, 0.29) is 0 Å². The van der Waals surface area contributed by atoms with E-state index in [1.165, 1.54) is 5.56 Å². The van der Waals surface area contributed by atoms with Crippen molar-refractivity contribution < 1.29 is 9.47 Å². The molecule has 0 atom stereocenters. The number of benzene rings is 2. The number of anilines is 1. The van der Waals surface area contributed by atoms with Crippen LogP contribution in [0.2, 0.25) is 5.02 Å². The first-order chi connectivity index (χ1) is 13.6. The number of halogens is 1. The van der Waals surface area contributed by atoms with Crippen LogP contribution < -0.4 is 14.8 Å². The van der Waals surface area contributed by atoms with Gasteiger partial charge in [-0.05, 0) is 56.0 Å². The number of hydrogen-bond donors (Lipinski definition) is 1. The fourth-order valence-corrected chi connectivity index (χ4v) is 3.75. The van der Waals surface area contributed by atoms with Crippen LogP contribution in [0.25, 0.3) is 16.9 Å². The maximum Gasteiger partial charge on any atom is 0.133 e. The number of fused-ring (bicyclic) bond motifs is 1. The Morgan fingerprint density at radius 1 is 1.04 bits per heavy atom. The van der Waals surface area contributed by atoms with Gasteiger partial charge in [0.25, 0.3) is 0 Å². The number of aromatic nitrogens is 2. The van der Waals surface area contributed by atoms with E-state index in [4.69, 9.17) is 26.2 Å². The molecular formula is C22H24ClN3O2. The average molecular weight is 398 g/mol. The summed E-state index contributed by atoms with van der Waals surface area (Å²) in [6.45, 7) is 2.93. The largest absolute Gasteiger partial charge is 0.497 e. The zero-order valence-corrected chi connectivity index (χ0v) is 17.1. The van der Waals surface area contributed by atoms with Crippen LogP contribution in [-0.2, 0) is 6.42 Å². The highest BCUT2D eigenvalue weighted by atomic mass is 35.5. The molecular weight excluding hydrogens is 374 g/mol. The Kier molecular flexibility index (Phi) is 5.18. The highest BCUT2D eigenvalue weighted by Crippen LogP contribution is 2.37. The number of rotatable bonds is 4. The van der Waals surface area contributed by atoms with Crippen LogP contribution in [0.3, 0.4) is 0 Å². The first-order valence-electron chi connectivity index (χ1n) is 9.46. The lowest BCUT2D eigenvalue weighted by Gasteiger charge is -2.10. The predicted molar refractivity (Wildman–Crippen MR) is 113 cm³/mol. The van der Waals surface area contributed by atoms with Gasteiger partial charge in [0.05, 0.1) is 25.6 Å². The van der Waals surface area contributed by atoms with E-state index in [0.29, 0.717) is 0 Å². The minimum atomic E-state index is 0.736. The molecule has 0 unspecified atom stereocenters. The fourth-order valence-electron chi connectivity index (χ4n) is 3.58. The van der Waals surface area contributed by atoms with E-state index >= 15 is 0 Å². The summed E-state index contributed by atoms with van der Waals surface area (Å²) in [5.41, 5.74) is 5.13. The number of aryl methyl sites for hydroxylation is 1. The molecule has 1 aromatic heterocycles. The van der Waals surface area contributed by atoms with Gasteiger partial charge in [0.2, 0.25) is 0 Å². The minimum Gasteiger partial charge on any atom is -0.497 e. The van der Waals surface area contributed by atoms with Crippen molar-refractivity contribution in [3.05, 3.63) is 52.5 Å². The summed E-state index contributed by atoms with van der Waals surface area (Å²) in [6.07, 6.45) is 3.22. The van der Waals surface area contributed by atoms with Gasteiger partial charge >= 0.3 is 0 Å². The first kappa shape index (κ1) is 18.7. The van der Waals surface area contributed by atoms with Crippen LogP contribution in [0.1, 0.15) is 24.0 Å². The fraction of sp³-hybridized carbons (Fsp3) is 0.318. The van der Waals surface area contributed by atoms with Crippen LogP contribution in [-0.4, -0.2) is 30.5 Å². The third-order valence-electron chi connectivity index (χ3n) is 5.15. The molecule has 0 aliphatic carbocycles. The number of methoxy groups -OCH3 is 2. The van der Waals surface area contributed by atoms with E-state index < -0.39 is 0 Å². The Morgan fingerprint density at radius 2 is 1.79 bits per heavy atom. The zero-order valence-electron chi connectivity index (χ0n) is 16.4. The van der Waals surface area contributed by atoms with Gasteiger partial charge in [0.1, 0.15) is 17.3 Å². The Hall–Kier alpha value is -2.66. The molecule has 0 saturated heterocycles. The molecule has 1 aliphatic heterocycles. The van der Waals surface area contributed by atoms with Crippen molar-refractivity contribution in [1.82, 2.24) is 9.78 Å². The zero-order chi connectivity index (χ0) is 19.7. The van der Waals surface area contributed by atoms with Gasteiger partial charge < -0.3 is 14.8 Å². The molecule has 0 saturated carbocycles. The molecule has 2 aromatic carbocycles. The van der Waals surface area contributed by atoms with Gasteiger partial charge in [-0.25, -0.2) is 4.68 Å². The Bertz CT molecular complexity index is 991. The molecule has 2 heterocycles. The smallest absolute Gasteiger partial charge is 0.133 e. The van der Waals surface area contributed by atoms with E-state index in [9.17, 15) is 0 Å². The molecule has 28 heavy (non-hydrogen) atoms. The molecule has 146 valence electrons. The van der Waals surface area contributed by atoms with Crippen LogP contribution in [0, 0.1) is 6.92 Å². The minimum absolute atomic E-state index is 0.736. The Balaban J connectivity index is 1.91. The molecule has 6 heteroatoms. The lowest BCUT2D eigenvalue weighted by Crippen LogP contribution is -2.07. The SMILES string of the molecule is COc1cc(OC)cc(-c2nn(-c3ccc(C)c(Cl)c3)c3c2CCCCN3)c1. The molecule has 5 nitrogen and oxygen atoms in total. The highest BCUT2D eigenvalue weighted by Gasteiger charge is 2.22. The predicted octanol–water partition coefficient (Wildman–Crippen LogP) is 5.27. The summed E-state index contributed by atoms with van der Waals surface area (Å²) in [5, 5.41) is 9.28. The second-order valence-electron chi connectivity index (χ2n) is 7.01. The first-order valence-corrected chi connectivity index (χ1v) is 9.84. The quantitative estimate of drug-likeness (QED) is 0.651. The average Bonchev–Trinajstić information content (AvgIpc) is 2.90. The molecule has 1 N–H and O–H groups in total. The van der Waals surface area contributed by atoms with E-state index in [1.54, 1.807) is 14.2 Å². The van der Waals surface area contributed by atoms with Gasteiger partial charge in [0, 0.05) is 28.8 Å². The number of nitrogens with one attached hydrogen (secondary N) is 1. The second-order valence-corrected chi connectivity index (χ2v) is 7.41. The van der Waals surface area contributed by atoms with Crippen molar-refractivity contribution in [3.63, 3.8) is 0 Å². The third kappa shape index (κ3) is 3.42. The molecule has 1 aliphatic rings. The summed E-state index contributed by atoms with van der Waals surface area (Å²) >= 11 is 6.39. The number of hydrogen-bond acceptors (Lipinski definition) is 4. The summed E-state index contributed by atoms with van der Waals surface area (Å²) < 4.78 is 12.9. The number of ether oxygens (including phenoxy) is 2. The van der Waals surface area contributed by atoms with Crippen molar-refractivity contribution in [1.29, 1.82) is 0 Å². The normalized spacial score (nSPS) is 13.4. The second kappa shape index (κ2) is 7.76. The summed E-state index contributed by atoms with van der Waals surface area (Å²) in [5.74, 6) is 2.53. The van der Waals surface area contributed by atoms with Crippen molar-refractivity contribution in [2.24, 2.45) is 0 Å². The molecule has 0 radical (unpaired) electrons. The number of nitrogens with zero attached hydrogens (tertiary/aromatic N) is 2. The molecule has 3 aromatic rings. The van der Waals surface area contributed by atoms with E-state index in [0.717, 1.165) is 70.7 Å². The molecule has 0 fully saturated rings. The Morgan fingerprint density at radius 3 is 2.46 bits per heavy atom. The van der Waals surface area contributed by atoms with Gasteiger partial charge in [-0.2, -0.15) is 5.10 Å². The van der Waals surface area contributed by atoms with Gasteiger partial charge in [-0.3, -0.25) is 0 Å². The van der Waals surface area contributed by atoms with Crippen LogP contribution in [0.15, 0.2) is 36.4 Å².